The molecule has 0 saturated heterocycles. The van der Waals surface area contributed by atoms with Crippen LogP contribution in [0.15, 0.2) is 11.1 Å². The molecule has 0 aromatic heterocycles. The van der Waals surface area contributed by atoms with E-state index in [1.54, 1.807) is 27.7 Å². The molecule has 118 valence electrons. The van der Waals surface area contributed by atoms with E-state index in [0.29, 0.717) is 26.2 Å². The largest absolute Gasteiger partial charge is 0.427 e. The second kappa shape index (κ2) is 7.21. The van der Waals surface area contributed by atoms with Crippen molar-refractivity contribution in [3.8, 4) is 0 Å². The van der Waals surface area contributed by atoms with Crippen LogP contribution in [0.5, 0.6) is 0 Å². The van der Waals surface area contributed by atoms with Crippen LogP contribution in [-0.2, 0) is 19.1 Å². The van der Waals surface area contributed by atoms with E-state index in [1.807, 2.05) is 0 Å². The van der Waals surface area contributed by atoms with Crippen molar-refractivity contribution >= 4 is 17.8 Å². The number of cyclic esters (lactones) is 1. The van der Waals surface area contributed by atoms with Crippen molar-refractivity contribution in [1.29, 1.82) is 0 Å². The van der Waals surface area contributed by atoms with Gasteiger partial charge < -0.3 is 19.6 Å². The summed E-state index contributed by atoms with van der Waals surface area (Å²) in [5.74, 6) is -2.08. The van der Waals surface area contributed by atoms with Crippen LogP contribution in [-0.4, -0.2) is 65.2 Å². The van der Waals surface area contributed by atoms with Gasteiger partial charge in [0.1, 0.15) is 11.1 Å². The van der Waals surface area contributed by atoms with Crippen LogP contribution in [0.4, 0.5) is 0 Å². The Morgan fingerprint density at radius 1 is 1.00 bits per heavy atom. The van der Waals surface area contributed by atoms with E-state index >= 15 is 0 Å². The molecular formula is C14H22N2O5. The maximum Gasteiger partial charge on any atom is 0.347 e. The maximum absolute atomic E-state index is 12.4. The molecule has 0 spiro atoms. The number of hydrogen-bond acceptors (Lipinski definition) is 5. The lowest BCUT2D eigenvalue weighted by Crippen LogP contribution is -2.37. The molecule has 0 bridgehead atoms. The highest BCUT2D eigenvalue weighted by molar-refractivity contribution is 6.23. The lowest BCUT2D eigenvalue weighted by molar-refractivity contribution is -0.153. The predicted molar refractivity (Wildman–Crippen MR) is 75.0 cm³/mol. The maximum atomic E-state index is 12.4. The molecule has 1 aliphatic rings. The number of carbonyl (C=O) groups excluding carboxylic acids is 3. The Hall–Kier alpha value is -1.89. The average molecular weight is 298 g/mol. The average Bonchev–Trinajstić information content (AvgIpc) is 2.75. The highest BCUT2D eigenvalue weighted by Crippen LogP contribution is 2.25. The molecule has 0 aliphatic carbocycles. The molecule has 1 aliphatic heterocycles. The number of esters is 1. The van der Waals surface area contributed by atoms with Crippen LogP contribution in [0, 0.1) is 0 Å². The van der Waals surface area contributed by atoms with Gasteiger partial charge in [-0.15, -0.1) is 0 Å². The van der Waals surface area contributed by atoms with E-state index in [9.17, 15) is 19.5 Å². The lowest BCUT2D eigenvalue weighted by Gasteiger charge is -2.21. The molecule has 7 heteroatoms. The molecule has 1 atom stereocenters. The monoisotopic (exact) mass is 298 g/mol. The van der Waals surface area contributed by atoms with Crippen LogP contribution in [0.25, 0.3) is 0 Å². The van der Waals surface area contributed by atoms with E-state index < -0.39 is 24.1 Å². The van der Waals surface area contributed by atoms with Gasteiger partial charge in [0.2, 0.25) is 6.29 Å². The van der Waals surface area contributed by atoms with Crippen molar-refractivity contribution in [3.05, 3.63) is 11.1 Å². The Morgan fingerprint density at radius 2 is 1.43 bits per heavy atom. The molecule has 1 unspecified atom stereocenters. The Bertz CT molecular complexity index is 464. The number of carbonyl (C=O) groups is 3. The fourth-order valence-electron chi connectivity index (χ4n) is 2.22. The van der Waals surface area contributed by atoms with Gasteiger partial charge in [-0.1, -0.05) is 0 Å². The highest BCUT2D eigenvalue weighted by Gasteiger charge is 2.43. The van der Waals surface area contributed by atoms with E-state index in [4.69, 9.17) is 0 Å². The van der Waals surface area contributed by atoms with Gasteiger partial charge in [0.05, 0.1) is 0 Å². The summed E-state index contributed by atoms with van der Waals surface area (Å²) in [6.07, 6.45) is -1.68. The molecule has 0 saturated carbocycles. The molecule has 0 fully saturated rings. The molecule has 1 N–H and O–H groups in total. The first-order valence-corrected chi connectivity index (χ1v) is 7.14. The van der Waals surface area contributed by atoms with Crippen molar-refractivity contribution < 1.29 is 24.2 Å². The number of nitrogens with zero attached hydrogens (tertiary/aromatic N) is 2. The summed E-state index contributed by atoms with van der Waals surface area (Å²) in [5, 5.41) is 9.80. The summed E-state index contributed by atoms with van der Waals surface area (Å²) in [4.78, 5) is 39.4. The zero-order valence-electron chi connectivity index (χ0n) is 12.9. The number of aliphatic hydroxyl groups is 1. The first kappa shape index (κ1) is 17.2. The molecule has 1 heterocycles. The zero-order chi connectivity index (χ0) is 16.2. The van der Waals surface area contributed by atoms with Crippen molar-refractivity contribution in [2.75, 3.05) is 26.2 Å². The van der Waals surface area contributed by atoms with Crippen molar-refractivity contribution in [2.45, 2.75) is 34.0 Å². The number of ether oxygens (including phenoxy) is 1. The molecule has 1 rings (SSSR count). The number of rotatable bonds is 6. The third kappa shape index (κ3) is 3.24. The van der Waals surface area contributed by atoms with Gasteiger partial charge >= 0.3 is 5.97 Å². The first-order valence-electron chi connectivity index (χ1n) is 7.14. The van der Waals surface area contributed by atoms with E-state index in [2.05, 4.69) is 4.74 Å². The normalized spacial score (nSPS) is 17.8. The molecule has 7 nitrogen and oxygen atoms in total. The third-order valence-corrected chi connectivity index (χ3v) is 3.48. The van der Waals surface area contributed by atoms with Crippen LogP contribution in [0.2, 0.25) is 0 Å². The minimum absolute atomic E-state index is 0.263. The quantitative estimate of drug-likeness (QED) is 0.546. The summed E-state index contributed by atoms with van der Waals surface area (Å²) < 4.78 is 4.65. The summed E-state index contributed by atoms with van der Waals surface area (Å²) in [6.45, 7) is 8.70. The molecule has 0 aromatic carbocycles. The van der Waals surface area contributed by atoms with E-state index in [0.717, 1.165) is 0 Å². The first-order chi connectivity index (χ1) is 9.92. The predicted octanol–water partition coefficient (Wildman–Crippen LogP) is -0.105. The van der Waals surface area contributed by atoms with Crippen LogP contribution < -0.4 is 0 Å². The summed E-state index contributed by atoms with van der Waals surface area (Å²) in [7, 11) is 0. The SMILES string of the molecule is CCN(CC)C(=O)C1=C(C(=O)N(CC)CC)C(O)OC1=O. The summed E-state index contributed by atoms with van der Waals surface area (Å²) in [6, 6.07) is 0. The number of likely N-dealkylation sites (N-methyl/N-ethyl adjacent to an activating group) is 2. The van der Waals surface area contributed by atoms with E-state index in [-0.39, 0.29) is 11.1 Å². The van der Waals surface area contributed by atoms with Crippen molar-refractivity contribution in [2.24, 2.45) is 0 Å². The Balaban J connectivity index is 3.28. The fourth-order valence-corrected chi connectivity index (χ4v) is 2.22. The van der Waals surface area contributed by atoms with Gasteiger partial charge in [-0.3, -0.25) is 9.59 Å². The fraction of sp³-hybridized carbons (Fsp3) is 0.643. The minimum atomic E-state index is -1.68. The van der Waals surface area contributed by atoms with Crippen molar-refractivity contribution in [3.63, 3.8) is 0 Å². The van der Waals surface area contributed by atoms with Gasteiger partial charge in [-0.25, -0.2) is 4.79 Å². The second-order valence-corrected chi connectivity index (χ2v) is 4.50. The van der Waals surface area contributed by atoms with Gasteiger partial charge in [0, 0.05) is 26.2 Å². The second-order valence-electron chi connectivity index (χ2n) is 4.50. The standard InChI is InChI=1S/C14H22N2O5/c1-5-15(6-2)11(17)9-10(14(20)21-13(9)19)12(18)16(7-3)8-4/h13,19H,5-8H2,1-4H3. The lowest BCUT2D eigenvalue weighted by atomic mass is 10.1. The highest BCUT2D eigenvalue weighted by atomic mass is 16.6. The molecular weight excluding hydrogens is 276 g/mol. The Morgan fingerprint density at radius 3 is 1.86 bits per heavy atom. The van der Waals surface area contributed by atoms with Crippen LogP contribution >= 0.6 is 0 Å². The third-order valence-electron chi connectivity index (χ3n) is 3.48. The minimum Gasteiger partial charge on any atom is -0.427 e. The topological polar surface area (TPSA) is 87.2 Å². The van der Waals surface area contributed by atoms with Crippen molar-refractivity contribution in [1.82, 2.24) is 9.80 Å². The summed E-state index contributed by atoms with van der Waals surface area (Å²) in [5.41, 5.74) is -0.622. The van der Waals surface area contributed by atoms with Crippen LogP contribution in [0.3, 0.4) is 0 Å². The van der Waals surface area contributed by atoms with Gasteiger partial charge in [0.25, 0.3) is 11.8 Å². The molecule has 0 aromatic rings. The molecule has 0 radical (unpaired) electrons. The zero-order valence-corrected chi connectivity index (χ0v) is 12.9. The molecule has 21 heavy (non-hydrogen) atoms. The summed E-state index contributed by atoms with van der Waals surface area (Å²) >= 11 is 0. The smallest absolute Gasteiger partial charge is 0.347 e. The number of hydrogen-bond donors (Lipinski definition) is 1. The van der Waals surface area contributed by atoms with Crippen LogP contribution in [0.1, 0.15) is 27.7 Å². The van der Waals surface area contributed by atoms with E-state index in [1.165, 1.54) is 9.80 Å². The van der Waals surface area contributed by atoms with Gasteiger partial charge in [-0.05, 0) is 27.7 Å². The Labute approximate surface area is 124 Å². The number of aliphatic hydroxyl groups excluding tert-OH is 1. The van der Waals surface area contributed by atoms with Gasteiger partial charge in [0.15, 0.2) is 0 Å². The Kier molecular flexibility index (Phi) is 5.90. The molecule has 2 amide bonds. The van der Waals surface area contributed by atoms with Gasteiger partial charge in [-0.2, -0.15) is 0 Å². The number of amides is 2.